The standard InChI is InChI=1S/C62H78N10O4/c1-67-26-30-69(31-27-67)42-50-16-9-7-14-47(50)37-59(73)71-25-13-18-56(71)61-63-40-54(65-61)46-21-19-45(20-22-46)49-23-24-53-55-41-64-62(66-55)57-39-52(75-34-11-5-3-4-6-12-35-76-58(53)36-49)44-72(57)60(74)38-48-15-8-10-17-51(48)43-70-32-28-68(2)29-33-70/h7-10,14-17,19-24,36,40-41,52,56-57H,3-6,11-13,18,25-35,37-39,42-44H2,1-2H3,(H,63,65)(H,64,66)/t52-,56-,57-/m0/s1. The number of rotatable bonds is 11. The van der Waals surface area contributed by atoms with Gasteiger partial charge < -0.3 is 39.0 Å². The van der Waals surface area contributed by atoms with Gasteiger partial charge in [0.1, 0.15) is 17.4 Å². The number of nitrogens with zero attached hydrogens (tertiary/aromatic N) is 8. The number of carbonyl (C=O) groups is 2. The number of benzene rings is 4. The normalized spacial score (nSPS) is 21.7. The Morgan fingerprint density at radius 1 is 0.553 bits per heavy atom. The van der Waals surface area contributed by atoms with Crippen LogP contribution in [0.4, 0.5) is 0 Å². The summed E-state index contributed by atoms with van der Waals surface area (Å²) in [4.78, 5) is 59.5. The van der Waals surface area contributed by atoms with Crippen molar-refractivity contribution >= 4 is 11.8 Å². The molecule has 4 saturated heterocycles. The number of imidazole rings is 2. The molecule has 5 aliphatic rings. The summed E-state index contributed by atoms with van der Waals surface area (Å²) in [6.07, 6.45) is 13.6. The van der Waals surface area contributed by atoms with Crippen molar-refractivity contribution in [1.29, 1.82) is 0 Å². The number of aromatic nitrogens is 4. The van der Waals surface area contributed by atoms with Gasteiger partial charge in [0, 0.05) is 97.1 Å². The molecule has 4 fully saturated rings. The topological polar surface area (TPSA) is 129 Å². The lowest BCUT2D eigenvalue weighted by Crippen LogP contribution is -2.44. The number of aromatic amines is 2. The van der Waals surface area contributed by atoms with Crippen molar-refractivity contribution in [3.8, 4) is 39.4 Å². The lowest BCUT2D eigenvalue weighted by atomic mass is 10.00. The minimum atomic E-state index is -0.229. The highest BCUT2D eigenvalue weighted by Crippen LogP contribution is 2.39. The maximum absolute atomic E-state index is 14.5. The number of nitrogens with one attached hydrogen (secondary N) is 2. The van der Waals surface area contributed by atoms with E-state index in [1.807, 2.05) is 22.2 Å². The Balaban J connectivity index is 0.781. The lowest BCUT2D eigenvalue weighted by molar-refractivity contribution is -0.132. The SMILES string of the molecule is CN1CCN(Cc2ccccc2CC(=O)N2CCC[C@H]2c2ncc(-c3ccc(-c4ccc5c(c4)OCCCCCCCCO[C@H]4C[C@@H](c6ncc-5[nH]6)N(C(=O)Cc5ccccc5CN5CCN(C)CC5)C4)cc3)[nH]2)CC1. The van der Waals surface area contributed by atoms with Gasteiger partial charge in [0.05, 0.1) is 61.4 Å². The Bertz CT molecular complexity index is 2880. The molecular formula is C62H78N10O4. The fourth-order valence-corrected chi connectivity index (χ4v) is 12.1. The largest absolute Gasteiger partial charge is 0.493 e. The molecular weight excluding hydrogens is 949 g/mol. The molecule has 4 aromatic carbocycles. The van der Waals surface area contributed by atoms with Gasteiger partial charge in [-0.05, 0) is 90.9 Å². The van der Waals surface area contributed by atoms with Crippen LogP contribution in [0.2, 0.25) is 0 Å². The van der Waals surface area contributed by atoms with E-state index in [0.29, 0.717) is 39.0 Å². The predicted molar refractivity (Wildman–Crippen MR) is 299 cm³/mol. The fraction of sp³-hybridized carbons (Fsp3) is 0.484. The minimum Gasteiger partial charge on any atom is -0.493 e. The lowest BCUT2D eigenvalue weighted by Gasteiger charge is -2.32. The van der Waals surface area contributed by atoms with Gasteiger partial charge in [-0.2, -0.15) is 0 Å². The quantitative estimate of drug-likeness (QED) is 0.130. The van der Waals surface area contributed by atoms with Crippen LogP contribution in [0.25, 0.3) is 33.6 Å². The van der Waals surface area contributed by atoms with Gasteiger partial charge in [0.25, 0.3) is 0 Å². The van der Waals surface area contributed by atoms with Gasteiger partial charge in [-0.15, -0.1) is 0 Å². The van der Waals surface area contributed by atoms with E-state index < -0.39 is 0 Å². The van der Waals surface area contributed by atoms with Crippen LogP contribution in [0.3, 0.4) is 0 Å². The summed E-state index contributed by atoms with van der Waals surface area (Å²) in [5.74, 6) is 2.70. The summed E-state index contributed by atoms with van der Waals surface area (Å²) in [6, 6.07) is 31.7. The molecule has 7 heterocycles. The van der Waals surface area contributed by atoms with E-state index in [0.717, 1.165) is 179 Å². The maximum atomic E-state index is 14.5. The molecule has 76 heavy (non-hydrogen) atoms. The van der Waals surface area contributed by atoms with Gasteiger partial charge in [-0.25, -0.2) is 9.97 Å². The molecule has 0 saturated carbocycles. The second kappa shape index (κ2) is 24.4. The molecule has 2 aromatic heterocycles. The molecule has 4 bridgehead atoms. The summed E-state index contributed by atoms with van der Waals surface area (Å²) in [7, 11) is 4.37. The van der Waals surface area contributed by atoms with Crippen LogP contribution in [0.1, 0.15) is 104 Å². The molecule has 6 aromatic rings. The molecule has 400 valence electrons. The molecule has 14 nitrogen and oxygen atoms in total. The molecule has 0 aliphatic carbocycles. The second-order valence-corrected chi connectivity index (χ2v) is 22.2. The second-order valence-electron chi connectivity index (χ2n) is 22.2. The van der Waals surface area contributed by atoms with Crippen molar-refractivity contribution in [3.63, 3.8) is 0 Å². The van der Waals surface area contributed by atoms with Crippen LogP contribution >= 0.6 is 0 Å². The smallest absolute Gasteiger partial charge is 0.227 e. The Kier molecular flexibility index (Phi) is 16.7. The maximum Gasteiger partial charge on any atom is 0.227 e. The summed E-state index contributed by atoms with van der Waals surface area (Å²) in [5.41, 5.74) is 10.6. The molecule has 5 aliphatic heterocycles. The van der Waals surface area contributed by atoms with E-state index in [-0.39, 0.29) is 30.0 Å². The third-order valence-corrected chi connectivity index (χ3v) is 16.8. The van der Waals surface area contributed by atoms with Crippen molar-refractivity contribution in [2.45, 2.75) is 102 Å². The number of hydrogen-bond acceptors (Lipinski definition) is 10. The predicted octanol–water partition coefficient (Wildman–Crippen LogP) is 9.17. The minimum absolute atomic E-state index is 0.0493. The van der Waals surface area contributed by atoms with Gasteiger partial charge in [-0.3, -0.25) is 19.4 Å². The van der Waals surface area contributed by atoms with Gasteiger partial charge >= 0.3 is 0 Å². The summed E-state index contributed by atoms with van der Waals surface area (Å²) in [5, 5.41) is 0. The number of likely N-dealkylation sites (tertiary alicyclic amines) is 2. The van der Waals surface area contributed by atoms with Crippen LogP contribution < -0.4 is 4.74 Å². The number of fused-ring (bicyclic) bond motifs is 7. The zero-order chi connectivity index (χ0) is 51.8. The summed E-state index contributed by atoms with van der Waals surface area (Å²) < 4.78 is 13.2. The van der Waals surface area contributed by atoms with E-state index in [1.54, 1.807) is 0 Å². The highest BCUT2D eigenvalue weighted by molar-refractivity contribution is 5.81. The van der Waals surface area contributed by atoms with E-state index in [4.69, 9.17) is 19.4 Å². The number of H-pyrrole nitrogens is 2. The van der Waals surface area contributed by atoms with E-state index >= 15 is 0 Å². The highest BCUT2D eigenvalue weighted by atomic mass is 16.5. The van der Waals surface area contributed by atoms with Crippen molar-refractivity contribution in [2.24, 2.45) is 0 Å². The zero-order valence-electron chi connectivity index (χ0n) is 44.9. The van der Waals surface area contributed by atoms with Crippen LogP contribution in [0, 0.1) is 0 Å². The number of likely N-dealkylation sites (N-methyl/N-ethyl adjacent to an activating group) is 2. The first-order valence-corrected chi connectivity index (χ1v) is 28.4. The average molecular weight is 1030 g/mol. The molecule has 2 N–H and O–H groups in total. The van der Waals surface area contributed by atoms with E-state index in [9.17, 15) is 9.59 Å². The molecule has 0 radical (unpaired) electrons. The van der Waals surface area contributed by atoms with E-state index in [2.05, 4.69) is 135 Å². The fourth-order valence-electron chi connectivity index (χ4n) is 12.1. The third-order valence-electron chi connectivity index (χ3n) is 16.8. The Labute approximate surface area is 449 Å². The molecule has 11 rings (SSSR count). The molecule has 0 spiro atoms. The Hall–Kier alpha value is -6.16. The van der Waals surface area contributed by atoms with Crippen LogP contribution in [0.15, 0.2) is 103 Å². The van der Waals surface area contributed by atoms with Crippen LogP contribution in [-0.2, 0) is 40.3 Å². The Morgan fingerprint density at radius 2 is 1.09 bits per heavy atom. The first-order valence-electron chi connectivity index (χ1n) is 28.4. The van der Waals surface area contributed by atoms with Crippen molar-refractivity contribution in [3.05, 3.63) is 137 Å². The van der Waals surface area contributed by atoms with Gasteiger partial charge in [-0.1, -0.05) is 105 Å². The third kappa shape index (κ3) is 12.5. The number of carbonyl (C=O) groups excluding carboxylic acids is 2. The van der Waals surface area contributed by atoms with Crippen LogP contribution in [-0.4, -0.2) is 160 Å². The van der Waals surface area contributed by atoms with Crippen molar-refractivity contribution in [1.82, 2.24) is 49.3 Å². The Morgan fingerprint density at radius 3 is 1.75 bits per heavy atom. The van der Waals surface area contributed by atoms with Gasteiger partial charge in [0.15, 0.2) is 0 Å². The van der Waals surface area contributed by atoms with Gasteiger partial charge in [0.2, 0.25) is 11.8 Å². The molecule has 0 unspecified atom stereocenters. The van der Waals surface area contributed by atoms with E-state index in [1.165, 1.54) is 17.5 Å². The number of hydrogen-bond donors (Lipinski definition) is 2. The van der Waals surface area contributed by atoms with Crippen molar-refractivity contribution < 1.29 is 19.1 Å². The first kappa shape index (κ1) is 51.9. The summed E-state index contributed by atoms with van der Waals surface area (Å²) >= 11 is 0. The molecule has 14 heteroatoms. The monoisotopic (exact) mass is 1030 g/mol. The number of ether oxygens (including phenoxy) is 2. The molecule has 2 amide bonds. The number of piperazine rings is 2. The highest BCUT2D eigenvalue weighted by Gasteiger charge is 2.39. The molecule has 3 atom stereocenters. The van der Waals surface area contributed by atoms with Crippen molar-refractivity contribution in [2.75, 3.05) is 92.8 Å². The number of amides is 2. The van der Waals surface area contributed by atoms with Crippen LogP contribution in [0.5, 0.6) is 5.75 Å². The average Bonchev–Trinajstić information content (AvgIpc) is 4.31. The summed E-state index contributed by atoms with van der Waals surface area (Å²) in [6.45, 7) is 12.8. The zero-order valence-corrected chi connectivity index (χ0v) is 44.9. The first-order chi connectivity index (χ1) is 37.3.